The van der Waals surface area contributed by atoms with Crippen LogP contribution >= 0.6 is 0 Å². The van der Waals surface area contributed by atoms with Crippen LogP contribution in [0, 0.1) is 0 Å². The minimum absolute atomic E-state index is 0.0921. The smallest absolute Gasteiger partial charge is 0.408 e. The molecule has 0 heterocycles. The summed E-state index contributed by atoms with van der Waals surface area (Å²) in [7, 11) is 0. The van der Waals surface area contributed by atoms with Gasteiger partial charge in [0.15, 0.2) is 0 Å². The van der Waals surface area contributed by atoms with Crippen LogP contribution in [0.3, 0.4) is 0 Å². The molecule has 0 aliphatic carbocycles. The molecule has 1 aromatic carbocycles. The van der Waals surface area contributed by atoms with Crippen molar-refractivity contribution in [1.29, 1.82) is 0 Å². The van der Waals surface area contributed by atoms with Crippen LogP contribution in [0.5, 0.6) is 0 Å². The van der Waals surface area contributed by atoms with Crippen molar-refractivity contribution < 1.29 is 19.4 Å². The average Bonchev–Trinajstić information content (AvgIpc) is 2.43. The number of aliphatic hydroxyl groups excluding tert-OH is 1. The largest absolute Gasteiger partial charge is 0.444 e. The Balaban J connectivity index is 2.46. The van der Waals surface area contributed by atoms with E-state index in [4.69, 9.17) is 14.6 Å². The van der Waals surface area contributed by atoms with Gasteiger partial charge in [0, 0.05) is 0 Å². The van der Waals surface area contributed by atoms with E-state index < -0.39 is 11.7 Å². The summed E-state index contributed by atoms with van der Waals surface area (Å²) >= 11 is 0. The fourth-order valence-corrected chi connectivity index (χ4v) is 1.71. The van der Waals surface area contributed by atoms with Crippen molar-refractivity contribution in [1.82, 2.24) is 5.32 Å². The molecule has 0 radical (unpaired) electrons. The van der Waals surface area contributed by atoms with Gasteiger partial charge in [-0.2, -0.15) is 0 Å². The monoisotopic (exact) mass is 307 g/mol. The van der Waals surface area contributed by atoms with Gasteiger partial charge in [-0.3, -0.25) is 0 Å². The number of amides is 1. The van der Waals surface area contributed by atoms with E-state index in [2.05, 4.69) is 5.32 Å². The molecule has 1 aromatic rings. The summed E-state index contributed by atoms with van der Waals surface area (Å²) < 4.78 is 10.8. The number of rotatable bonds is 7. The van der Waals surface area contributed by atoms with Crippen molar-refractivity contribution in [2.45, 2.75) is 39.0 Å². The zero-order valence-corrected chi connectivity index (χ0v) is 13.4. The van der Waals surface area contributed by atoms with Gasteiger partial charge in [0.05, 0.1) is 25.9 Å². The molecule has 22 heavy (non-hydrogen) atoms. The number of carbonyl (C=O) groups is 1. The van der Waals surface area contributed by atoms with Gasteiger partial charge in [-0.1, -0.05) is 42.5 Å². The van der Waals surface area contributed by atoms with Gasteiger partial charge in [-0.25, -0.2) is 4.79 Å². The number of alkyl carbamates (subject to hydrolysis) is 1. The van der Waals surface area contributed by atoms with Crippen molar-refractivity contribution >= 4 is 6.09 Å². The van der Waals surface area contributed by atoms with Crippen LogP contribution < -0.4 is 5.32 Å². The van der Waals surface area contributed by atoms with Crippen molar-refractivity contribution in [2.24, 2.45) is 0 Å². The van der Waals surface area contributed by atoms with Crippen LogP contribution in [0.4, 0.5) is 4.79 Å². The van der Waals surface area contributed by atoms with Crippen LogP contribution in [-0.4, -0.2) is 36.1 Å². The molecule has 0 saturated carbocycles. The van der Waals surface area contributed by atoms with E-state index >= 15 is 0 Å². The summed E-state index contributed by atoms with van der Waals surface area (Å²) in [5.41, 5.74) is 0.505. The Bertz CT molecular complexity index is 465. The van der Waals surface area contributed by atoms with Crippen molar-refractivity contribution in [3.05, 3.63) is 48.0 Å². The van der Waals surface area contributed by atoms with E-state index in [-0.39, 0.29) is 12.6 Å². The van der Waals surface area contributed by atoms with E-state index in [9.17, 15) is 4.79 Å². The summed E-state index contributed by atoms with van der Waals surface area (Å²) in [5.74, 6) is 0. The van der Waals surface area contributed by atoms with Gasteiger partial charge >= 0.3 is 6.09 Å². The first-order chi connectivity index (χ1) is 10.4. The summed E-state index contributed by atoms with van der Waals surface area (Å²) in [5, 5.41) is 11.6. The minimum atomic E-state index is -0.555. The Labute approximate surface area is 131 Å². The summed E-state index contributed by atoms with van der Waals surface area (Å²) in [6.07, 6.45) is 2.74. The Kier molecular flexibility index (Phi) is 7.63. The third-order valence-corrected chi connectivity index (χ3v) is 2.58. The summed E-state index contributed by atoms with van der Waals surface area (Å²) in [4.78, 5) is 11.8. The summed E-state index contributed by atoms with van der Waals surface area (Å²) in [6.45, 7) is 6.07. The lowest BCUT2D eigenvalue weighted by Gasteiger charge is -2.22. The van der Waals surface area contributed by atoms with Gasteiger partial charge in [-0.05, 0) is 26.3 Å². The third kappa shape index (κ3) is 8.44. The molecular formula is C17H25NO4. The number of ether oxygens (including phenoxy) is 2. The molecule has 0 fully saturated rings. The van der Waals surface area contributed by atoms with Crippen molar-refractivity contribution in [3.63, 3.8) is 0 Å². The fourth-order valence-electron chi connectivity index (χ4n) is 1.71. The number of aliphatic hydroxyl groups is 1. The van der Waals surface area contributed by atoms with E-state index in [1.807, 2.05) is 30.3 Å². The first-order valence-electron chi connectivity index (χ1n) is 7.29. The van der Waals surface area contributed by atoms with Crippen LogP contribution in [-0.2, 0) is 16.1 Å². The van der Waals surface area contributed by atoms with Gasteiger partial charge in [0.25, 0.3) is 0 Å². The second-order valence-electron chi connectivity index (χ2n) is 5.86. The molecule has 0 bridgehead atoms. The number of carbonyl (C=O) groups excluding carboxylic acids is 1. The predicted molar refractivity (Wildman–Crippen MR) is 85.5 cm³/mol. The molecule has 1 rings (SSSR count). The molecule has 1 amide bonds. The number of nitrogens with one attached hydrogen (secondary N) is 1. The zero-order valence-electron chi connectivity index (χ0n) is 13.4. The highest BCUT2D eigenvalue weighted by Gasteiger charge is 2.18. The number of hydrogen-bond acceptors (Lipinski definition) is 4. The SMILES string of the molecule is CC(C)(C)OC(=O)N[C@H](/C=C/CO)COCc1ccccc1. The molecular weight excluding hydrogens is 282 g/mol. The highest BCUT2D eigenvalue weighted by molar-refractivity contribution is 5.68. The van der Waals surface area contributed by atoms with Gasteiger partial charge in [0.2, 0.25) is 0 Å². The molecule has 0 aliphatic heterocycles. The van der Waals surface area contributed by atoms with Crippen LogP contribution in [0.15, 0.2) is 42.5 Å². The Morgan fingerprint density at radius 1 is 1.32 bits per heavy atom. The van der Waals surface area contributed by atoms with Gasteiger partial charge in [-0.15, -0.1) is 0 Å². The Morgan fingerprint density at radius 2 is 2.00 bits per heavy atom. The molecule has 0 spiro atoms. The second kappa shape index (κ2) is 9.23. The Morgan fingerprint density at radius 3 is 2.59 bits per heavy atom. The maximum atomic E-state index is 11.8. The van der Waals surface area contributed by atoms with Crippen LogP contribution in [0.2, 0.25) is 0 Å². The molecule has 0 saturated heterocycles. The quantitative estimate of drug-likeness (QED) is 0.760. The predicted octanol–water partition coefficient (Wildman–Crippen LogP) is 2.65. The first kappa shape index (κ1) is 18.2. The fraction of sp³-hybridized carbons (Fsp3) is 0.471. The normalized spacial score (nSPS) is 13.1. The van der Waals surface area contributed by atoms with E-state index in [0.29, 0.717) is 13.2 Å². The summed E-state index contributed by atoms with van der Waals surface area (Å²) in [6, 6.07) is 9.42. The van der Waals surface area contributed by atoms with E-state index in [0.717, 1.165) is 5.56 Å². The molecule has 0 aliphatic rings. The molecule has 0 unspecified atom stereocenters. The first-order valence-corrected chi connectivity index (χ1v) is 7.29. The average molecular weight is 307 g/mol. The van der Waals surface area contributed by atoms with Crippen molar-refractivity contribution in [3.8, 4) is 0 Å². The second-order valence-corrected chi connectivity index (χ2v) is 5.86. The van der Waals surface area contributed by atoms with Crippen molar-refractivity contribution in [2.75, 3.05) is 13.2 Å². The van der Waals surface area contributed by atoms with Gasteiger partial charge in [0.1, 0.15) is 5.60 Å². The zero-order chi connectivity index (χ0) is 16.4. The highest BCUT2D eigenvalue weighted by Crippen LogP contribution is 2.07. The molecule has 1 atom stereocenters. The van der Waals surface area contributed by atoms with E-state index in [1.54, 1.807) is 32.9 Å². The van der Waals surface area contributed by atoms with E-state index in [1.165, 1.54) is 0 Å². The molecule has 122 valence electrons. The highest BCUT2D eigenvalue weighted by atomic mass is 16.6. The van der Waals surface area contributed by atoms with Gasteiger partial charge < -0.3 is 19.9 Å². The number of hydrogen-bond donors (Lipinski definition) is 2. The maximum absolute atomic E-state index is 11.8. The molecule has 5 heteroatoms. The van der Waals surface area contributed by atoms with Crippen LogP contribution in [0.25, 0.3) is 0 Å². The molecule has 5 nitrogen and oxygen atoms in total. The van der Waals surface area contributed by atoms with Crippen LogP contribution in [0.1, 0.15) is 26.3 Å². The Hall–Kier alpha value is -1.85. The lowest BCUT2D eigenvalue weighted by atomic mass is 10.2. The maximum Gasteiger partial charge on any atom is 0.408 e. The standard InChI is InChI=1S/C17H25NO4/c1-17(2,3)22-16(20)18-15(10-7-11-19)13-21-12-14-8-5-4-6-9-14/h4-10,15,19H,11-13H2,1-3H3,(H,18,20)/b10-7+/t15-/m1/s1. The molecule has 2 N–H and O–H groups in total. The lowest BCUT2D eigenvalue weighted by molar-refractivity contribution is 0.0458. The minimum Gasteiger partial charge on any atom is -0.444 e. The third-order valence-electron chi connectivity index (χ3n) is 2.58. The molecule has 0 aromatic heterocycles. The lowest BCUT2D eigenvalue weighted by Crippen LogP contribution is -2.40. The topological polar surface area (TPSA) is 67.8 Å². The number of benzene rings is 1.